The Hall–Kier alpha value is -2.03. The highest BCUT2D eigenvalue weighted by molar-refractivity contribution is 7.71. The van der Waals surface area contributed by atoms with Crippen molar-refractivity contribution in [2.45, 2.75) is 32.9 Å². The molecule has 2 N–H and O–H groups in total. The van der Waals surface area contributed by atoms with Gasteiger partial charge in [0.25, 0.3) is 0 Å². The van der Waals surface area contributed by atoms with Gasteiger partial charge in [0.15, 0.2) is 17.3 Å². The molecule has 0 spiro atoms. The van der Waals surface area contributed by atoms with E-state index in [0.29, 0.717) is 34.4 Å². The molecule has 0 bridgehead atoms. The number of thiophene rings is 1. The Morgan fingerprint density at radius 3 is 2.96 bits per heavy atom. The normalized spacial score (nSPS) is 10.8. The molecule has 0 aliphatic rings. The van der Waals surface area contributed by atoms with Gasteiger partial charge in [0.2, 0.25) is 4.77 Å². The van der Waals surface area contributed by atoms with Crippen LogP contribution in [0.4, 0.5) is 0 Å². The van der Waals surface area contributed by atoms with E-state index in [2.05, 4.69) is 22.5 Å². The van der Waals surface area contributed by atoms with Gasteiger partial charge in [0, 0.05) is 11.3 Å². The molecule has 9 heteroatoms. The molecule has 0 atom stereocenters. The molecule has 0 aliphatic carbocycles. The number of nitrogens with zero attached hydrogens (tertiary/aromatic N) is 2. The highest BCUT2D eigenvalue weighted by Gasteiger charge is 2.13. The molecule has 2 heterocycles. The Bertz CT molecular complexity index is 937. The second-order valence-corrected chi connectivity index (χ2v) is 7.67. The van der Waals surface area contributed by atoms with Crippen LogP contribution < -0.4 is 14.9 Å². The van der Waals surface area contributed by atoms with Crippen LogP contribution in [0.25, 0.3) is 0 Å². The number of aryl methyl sites for hydroxylation is 1. The Labute approximate surface area is 172 Å². The summed E-state index contributed by atoms with van der Waals surface area (Å²) in [6.07, 6.45) is 1.82. The van der Waals surface area contributed by atoms with Gasteiger partial charge in [-0.3, -0.25) is 5.10 Å². The number of benzene rings is 1. The summed E-state index contributed by atoms with van der Waals surface area (Å²) in [6.45, 7) is 3.07. The monoisotopic (exact) mass is 424 g/mol. The smallest absolute Gasteiger partial charge is 0.214 e. The van der Waals surface area contributed by atoms with Crippen LogP contribution in [-0.2, 0) is 19.6 Å². The van der Waals surface area contributed by atoms with Gasteiger partial charge in [0.05, 0.1) is 18.7 Å². The molecule has 6 nitrogen and oxygen atoms in total. The Balaban J connectivity index is 1.74. The van der Waals surface area contributed by atoms with Gasteiger partial charge in [-0.25, -0.2) is 4.68 Å². The van der Waals surface area contributed by atoms with Crippen molar-refractivity contribution in [3.63, 3.8) is 0 Å². The van der Waals surface area contributed by atoms with Crippen molar-refractivity contribution in [3.05, 3.63) is 55.7 Å². The lowest BCUT2D eigenvalue weighted by molar-refractivity contribution is 0.287. The first-order chi connectivity index (χ1) is 13.1. The van der Waals surface area contributed by atoms with Crippen LogP contribution in [-0.4, -0.2) is 22.0 Å². The van der Waals surface area contributed by atoms with E-state index in [1.807, 2.05) is 29.6 Å². The van der Waals surface area contributed by atoms with Crippen molar-refractivity contribution in [1.29, 1.82) is 0 Å². The summed E-state index contributed by atoms with van der Waals surface area (Å²) < 4.78 is 13.7. The molecule has 0 unspecified atom stereocenters. The van der Waals surface area contributed by atoms with Gasteiger partial charge >= 0.3 is 0 Å². The number of hydrogen-bond acceptors (Lipinski definition) is 6. The molecule has 3 rings (SSSR count). The maximum atomic E-state index is 6.45. The van der Waals surface area contributed by atoms with Crippen LogP contribution in [0.15, 0.2) is 29.6 Å². The minimum absolute atomic E-state index is 0.454. The average molecular weight is 425 g/mol. The standard InChI is InChI=1S/C18H21ClN4O2S2/c1-3-5-16-21-22-18(26)23(16)20-10-12-8-14(19)17(15(9-12)24-2)25-11-13-6-4-7-27-13/h4,6-9,20H,3,5,10-11H2,1-2H3,(H,22,26). The number of rotatable bonds is 9. The quantitative estimate of drug-likeness (QED) is 0.476. The molecule has 144 valence electrons. The molecule has 0 aliphatic heterocycles. The second kappa shape index (κ2) is 9.25. The van der Waals surface area contributed by atoms with Crippen molar-refractivity contribution < 1.29 is 9.47 Å². The Morgan fingerprint density at radius 1 is 1.41 bits per heavy atom. The fraction of sp³-hybridized carbons (Fsp3) is 0.333. The average Bonchev–Trinajstić information content (AvgIpc) is 3.29. The Kier molecular flexibility index (Phi) is 6.76. The molecule has 0 radical (unpaired) electrons. The van der Waals surface area contributed by atoms with Crippen LogP contribution in [0.1, 0.15) is 29.6 Å². The molecule has 0 saturated carbocycles. The molecule has 0 saturated heterocycles. The van der Waals surface area contributed by atoms with Gasteiger partial charge in [-0.05, 0) is 47.8 Å². The van der Waals surface area contributed by atoms with E-state index in [4.69, 9.17) is 33.3 Å². The van der Waals surface area contributed by atoms with E-state index in [9.17, 15) is 0 Å². The lowest BCUT2D eigenvalue weighted by atomic mass is 10.2. The maximum absolute atomic E-state index is 6.45. The summed E-state index contributed by atoms with van der Waals surface area (Å²) in [7, 11) is 1.60. The molecule has 2 aromatic heterocycles. The third-order valence-corrected chi connectivity index (χ3v) is 5.29. The van der Waals surface area contributed by atoms with E-state index in [1.165, 1.54) is 0 Å². The minimum Gasteiger partial charge on any atom is -0.493 e. The zero-order valence-corrected chi connectivity index (χ0v) is 17.5. The molecular formula is C18H21ClN4O2S2. The summed E-state index contributed by atoms with van der Waals surface area (Å²) >= 11 is 13.4. The van der Waals surface area contributed by atoms with Crippen molar-refractivity contribution in [1.82, 2.24) is 14.9 Å². The second-order valence-electron chi connectivity index (χ2n) is 5.84. The molecular weight excluding hydrogens is 404 g/mol. The number of aromatic nitrogens is 3. The maximum Gasteiger partial charge on any atom is 0.214 e. The van der Waals surface area contributed by atoms with Gasteiger partial charge in [-0.2, -0.15) is 5.10 Å². The molecule has 3 aromatic rings. The van der Waals surface area contributed by atoms with Gasteiger partial charge in [-0.15, -0.1) is 11.3 Å². The fourth-order valence-corrected chi connectivity index (χ4v) is 3.73. The highest BCUT2D eigenvalue weighted by atomic mass is 35.5. The molecule has 0 amide bonds. The Morgan fingerprint density at radius 2 is 2.26 bits per heavy atom. The zero-order chi connectivity index (χ0) is 19.2. The van der Waals surface area contributed by atoms with E-state index >= 15 is 0 Å². The first-order valence-corrected chi connectivity index (χ1v) is 10.2. The number of ether oxygens (including phenoxy) is 2. The topological polar surface area (TPSA) is 64.1 Å². The third-order valence-electron chi connectivity index (χ3n) is 3.88. The van der Waals surface area contributed by atoms with Crippen molar-refractivity contribution >= 4 is 35.2 Å². The van der Waals surface area contributed by atoms with E-state index in [0.717, 1.165) is 29.1 Å². The van der Waals surface area contributed by atoms with Crippen molar-refractivity contribution in [2.24, 2.45) is 0 Å². The summed E-state index contributed by atoms with van der Waals surface area (Å²) in [5.41, 5.74) is 4.23. The van der Waals surface area contributed by atoms with E-state index in [-0.39, 0.29) is 0 Å². The molecule has 1 aromatic carbocycles. The largest absolute Gasteiger partial charge is 0.493 e. The predicted octanol–water partition coefficient (Wildman–Crippen LogP) is 4.94. The van der Waals surface area contributed by atoms with Gasteiger partial charge < -0.3 is 14.9 Å². The first kappa shape index (κ1) is 19.7. The number of aromatic amines is 1. The van der Waals surface area contributed by atoms with E-state index < -0.39 is 0 Å². The van der Waals surface area contributed by atoms with Crippen LogP contribution >= 0.6 is 35.2 Å². The SMILES string of the molecule is CCCc1n[nH]c(=S)n1NCc1cc(Cl)c(OCc2cccs2)c(OC)c1. The lowest BCUT2D eigenvalue weighted by Crippen LogP contribution is -2.17. The van der Waals surface area contributed by atoms with Gasteiger partial charge in [-0.1, -0.05) is 24.6 Å². The van der Waals surface area contributed by atoms with Crippen LogP contribution in [0.5, 0.6) is 11.5 Å². The third kappa shape index (κ3) is 4.82. The predicted molar refractivity (Wildman–Crippen MR) is 111 cm³/mol. The molecule has 27 heavy (non-hydrogen) atoms. The minimum atomic E-state index is 0.454. The summed E-state index contributed by atoms with van der Waals surface area (Å²) in [6, 6.07) is 7.78. The lowest BCUT2D eigenvalue weighted by Gasteiger charge is -2.15. The molecule has 0 fully saturated rings. The fourth-order valence-electron chi connectivity index (χ4n) is 2.61. The number of halogens is 1. The van der Waals surface area contributed by atoms with Crippen LogP contribution in [0, 0.1) is 4.77 Å². The summed E-state index contributed by atoms with van der Waals surface area (Å²) in [5.74, 6) is 2.01. The van der Waals surface area contributed by atoms with Crippen LogP contribution in [0.2, 0.25) is 5.02 Å². The van der Waals surface area contributed by atoms with Crippen molar-refractivity contribution in [2.75, 3.05) is 12.5 Å². The number of H-pyrrole nitrogens is 1. The summed E-state index contributed by atoms with van der Waals surface area (Å²) in [4.78, 5) is 1.12. The van der Waals surface area contributed by atoms with E-state index in [1.54, 1.807) is 23.1 Å². The highest BCUT2D eigenvalue weighted by Crippen LogP contribution is 2.37. The zero-order valence-electron chi connectivity index (χ0n) is 15.1. The van der Waals surface area contributed by atoms with Crippen molar-refractivity contribution in [3.8, 4) is 11.5 Å². The number of hydrogen-bond donors (Lipinski definition) is 2. The summed E-state index contributed by atoms with van der Waals surface area (Å²) in [5, 5.41) is 9.58. The first-order valence-electron chi connectivity index (χ1n) is 8.54. The number of nitrogens with one attached hydrogen (secondary N) is 2. The van der Waals surface area contributed by atoms with Crippen LogP contribution in [0.3, 0.4) is 0 Å². The number of methoxy groups -OCH3 is 1. The van der Waals surface area contributed by atoms with Gasteiger partial charge in [0.1, 0.15) is 6.61 Å².